The molecule has 25 heavy (non-hydrogen) atoms. The maximum absolute atomic E-state index is 14.6. The van der Waals surface area contributed by atoms with Gasteiger partial charge >= 0.3 is 0 Å². The molecule has 1 atom stereocenters. The van der Waals surface area contributed by atoms with Crippen molar-refractivity contribution in [2.75, 3.05) is 13.2 Å². The van der Waals surface area contributed by atoms with Gasteiger partial charge in [0.1, 0.15) is 5.75 Å². The van der Waals surface area contributed by atoms with E-state index >= 15 is 0 Å². The molecule has 3 heterocycles. The zero-order valence-corrected chi connectivity index (χ0v) is 14.2. The fraction of sp³-hybridized carbons (Fsp3) is 0.500. The smallest absolute Gasteiger partial charge is 0.260 e. The van der Waals surface area contributed by atoms with Gasteiger partial charge in [-0.2, -0.15) is 5.10 Å². The van der Waals surface area contributed by atoms with Crippen molar-refractivity contribution in [3.05, 3.63) is 42.0 Å². The highest BCUT2D eigenvalue weighted by Crippen LogP contribution is 2.39. The first-order valence-electron chi connectivity index (χ1n) is 8.59. The molecule has 0 unspecified atom stereocenters. The third-order valence-electron chi connectivity index (χ3n) is 5.03. The topological polar surface area (TPSA) is 60.2 Å². The molecule has 0 spiro atoms. The molecule has 132 valence electrons. The van der Waals surface area contributed by atoms with Gasteiger partial charge in [-0.3, -0.25) is 14.5 Å². The second kappa shape index (κ2) is 6.13. The molecule has 1 saturated carbocycles. The number of fused-ring (bicyclic) bond motifs is 1. The first-order valence-corrected chi connectivity index (χ1v) is 8.59. The van der Waals surface area contributed by atoms with Crippen LogP contribution in [0.2, 0.25) is 0 Å². The van der Waals surface area contributed by atoms with Crippen LogP contribution in [0.3, 0.4) is 0 Å². The number of pyridine rings is 1. The Morgan fingerprint density at radius 3 is 3.00 bits per heavy atom. The van der Waals surface area contributed by atoms with Crippen LogP contribution in [0.4, 0.5) is 4.39 Å². The number of alkyl halides is 1. The molecule has 2 aromatic heterocycles. The number of ether oxygens (including phenoxy) is 1. The summed E-state index contributed by atoms with van der Waals surface area (Å²) in [7, 11) is 1.85. The van der Waals surface area contributed by atoms with Gasteiger partial charge in [-0.15, -0.1) is 0 Å². The predicted octanol–water partition coefficient (Wildman–Crippen LogP) is 2.21. The van der Waals surface area contributed by atoms with Crippen molar-refractivity contribution in [1.82, 2.24) is 19.7 Å². The summed E-state index contributed by atoms with van der Waals surface area (Å²) in [4.78, 5) is 18.3. The molecule has 1 aliphatic carbocycles. The Kier molecular flexibility index (Phi) is 3.94. The number of carbonyl (C=O) groups is 1. The van der Waals surface area contributed by atoms with E-state index in [1.807, 2.05) is 25.4 Å². The largest absolute Gasteiger partial charge is 0.491 e. The number of aromatic nitrogens is 3. The summed E-state index contributed by atoms with van der Waals surface area (Å²) >= 11 is 0. The van der Waals surface area contributed by atoms with Gasteiger partial charge in [-0.1, -0.05) is 0 Å². The molecule has 1 amide bonds. The fourth-order valence-corrected chi connectivity index (χ4v) is 3.54. The van der Waals surface area contributed by atoms with Crippen LogP contribution in [0.1, 0.15) is 36.4 Å². The number of carbonyl (C=O) groups excluding carboxylic acids is 1. The average molecular weight is 344 g/mol. The Labute approximate surface area is 145 Å². The van der Waals surface area contributed by atoms with Gasteiger partial charge in [0.2, 0.25) is 0 Å². The molecule has 0 radical (unpaired) electrons. The zero-order chi connectivity index (χ0) is 17.4. The van der Waals surface area contributed by atoms with E-state index in [-0.39, 0.29) is 11.8 Å². The Morgan fingerprint density at radius 2 is 2.32 bits per heavy atom. The second-order valence-electron chi connectivity index (χ2n) is 6.91. The lowest BCUT2D eigenvalue weighted by Gasteiger charge is -2.40. The molecule has 1 fully saturated rings. The predicted molar refractivity (Wildman–Crippen MR) is 88.8 cm³/mol. The number of hydrogen-bond donors (Lipinski definition) is 0. The minimum Gasteiger partial charge on any atom is -0.491 e. The van der Waals surface area contributed by atoms with Crippen LogP contribution in [0.25, 0.3) is 0 Å². The molecule has 4 rings (SSSR count). The number of rotatable bonds is 4. The standard InChI is InChI=1S/C18H21FN4O2/c1-22-9-13-10-23(17(24)18(19)5-3-6-18)11-14(16(13)21-22)12-25-15-4-2-7-20-8-15/h2,4,7-9,14H,3,5-6,10-12H2,1H3/t14-/m1/s1. The quantitative estimate of drug-likeness (QED) is 0.853. The zero-order valence-electron chi connectivity index (χ0n) is 14.2. The van der Waals surface area contributed by atoms with E-state index in [0.717, 1.165) is 17.7 Å². The van der Waals surface area contributed by atoms with Gasteiger partial charge in [0.05, 0.1) is 24.4 Å². The Balaban J connectivity index is 1.53. The third-order valence-corrected chi connectivity index (χ3v) is 5.03. The van der Waals surface area contributed by atoms with Crippen LogP contribution in [0, 0.1) is 0 Å². The van der Waals surface area contributed by atoms with Gasteiger partial charge in [0, 0.05) is 38.1 Å². The first kappa shape index (κ1) is 16.1. The summed E-state index contributed by atoms with van der Waals surface area (Å²) in [5.74, 6) is 0.196. The highest BCUT2D eigenvalue weighted by molar-refractivity contribution is 5.86. The van der Waals surface area contributed by atoms with Crippen molar-refractivity contribution in [2.45, 2.75) is 37.4 Å². The van der Waals surface area contributed by atoms with Gasteiger partial charge < -0.3 is 9.64 Å². The lowest BCUT2D eigenvalue weighted by atomic mass is 9.80. The first-order chi connectivity index (χ1) is 12.0. The van der Waals surface area contributed by atoms with Gasteiger partial charge in [-0.25, -0.2) is 4.39 Å². The molecule has 7 heteroatoms. The van der Waals surface area contributed by atoms with Crippen LogP contribution >= 0.6 is 0 Å². The van der Waals surface area contributed by atoms with Crippen molar-refractivity contribution in [3.8, 4) is 5.75 Å². The Hall–Kier alpha value is -2.44. The molecule has 0 N–H and O–H groups in total. The molecule has 0 bridgehead atoms. The molecular weight excluding hydrogens is 323 g/mol. The summed E-state index contributed by atoms with van der Waals surface area (Å²) in [6.07, 6.45) is 6.68. The highest BCUT2D eigenvalue weighted by atomic mass is 19.1. The number of halogens is 1. The second-order valence-corrected chi connectivity index (χ2v) is 6.91. The number of nitrogens with zero attached hydrogens (tertiary/aromatic N) is 4. The minimum atomic E-state index is -1.67. The van der Waals surface area contributed by atoms with Crippen molar-refractivity contribution in [1.29, 1.82) is 0 Å². The maximum atomic E-state index is 14.6. The van der Waals surface area contributed by atoms with Gasteiger partial charge in [0.15, 0.2) is 5.67 Å². The lowest BCUT2D eigenvalue weighted by Crippen LogP contribution is -2.52. The van der Waals surface area contributed by atoms with Crippen molar-refractivity contribution in [2.24, 2.45) is 7.05 Å². The van der Waals surface area contributed by atoms with E-state index in [4.69, 9.17) is 4.74 Å². The van der Waals surface area contributed by atoms with E-state index in [9.17, 15) is 9.18 Å². The molecule has 0 aromatic carbocycles. The van der Waals surface area contributed by atoms with Crippen LogP contribution in [0.5, 0.6) is 5.75 Å². The summed E-state index contributed by atoms with van der Waals surface area (Å²) < 4.78 is 22.2. The van der Waals surface area contributed by atoms with Crippen molar-refractivity contribution >= 4 is 5.91 Å². The highest BCUT2D eigenvalue weighted by Gasteiger charge is 2.48. The summed E-state index contributed by atoms with van der Waals surface area (Å²) in [5, 5.41) is 4.52. The molecule has 0 saturated heterocycles. The summed E-state index contributed by atoms with van der Waals surface area (Å²) in [5.41, 5.74) is 0.218. The fourth-order valence-electron chi connectivity index (χ4n) is 3.54. The SMILES string of the molecule is Cn1cc2c(n1)[C@@H](COc1cccnc1)CN(C(=O)C1(F)CCC1)C2. The van der Waals surface area contributed by atoms with Crippen molar-refractivity contribution < 1.29 is 13.9 Å². The monoisotopic (exact) mass is 344 g/mol. The normalized spacial score (nSPS) is 21.4. The molecule has 6 nitrogen and oxygen atoms in total. The minimum absolute atomic E-state index is 0.0854. The van der Waals surface area contributed by atoms with Crippen LogP contribution in [-0.4, -0.2) is 44.4 Å². The van der Waals surface area contributed by atoms with E-state index in [1.165, 1.54) is 0 Å². The number of hydrogen-bond acceptors (Lipinski definition) is 4. The molecule has 2 aromatic rings. The Bertz CT molecular complexity index is 773. The Morgan fingerprint density at radius 1 is 1.48 bits per heavy atom. The molecular formula is C18H21FN4O2. The summed E-state index contributed by atoms with van der Waals surface area (Å²) in [6.45, 7) is 1.21. The van der Waals surface area contributed by atoms with Gasteiger partial charge in [0.25, 0.3) is 5.91 Å². The maximum Gasteiger partial charge on any atom is 0.260 e. The van der Waals surface area contributed by atoms with E-state index in [1.54, 1.807) is 22.0 Å². The number of aryl methyl sites for hydroxylation is 1. The third kappa shape index (κ3) is 2.99. The lowest BCUT2D eigenvalue weighted by molar-refractivity contribution is -0.151. The molecule has 1 aliphatic heterocycles. The molecule has 2 aliphatic rings. The van der Waals surface area contributed by atoms with Crippen LogP contribution in [-0.2, 0) is 18.4 Å². The van der Waals surface area contributed by atoms with Crippen molar-refractivity contribution in [3.63, 3.8) is 0 Å². The van der Waals surface area contributed by atoms with Gasteiger partial charge in [-0.05, 0) is 31.4 Å². The van der Waals surface area contributed by atoms with E-state index in [2.05, 4.69) is 10.1 Å². The van der Waals surface area contributed by atoms with E-state index < -0.39 is 5.67 Å². The van der Waals surface area contributed by atoms with Crippen LogP contribution < -0.4 is 4.74 Å². The van der Waals surface area contributed by atoms with Crippen LogP contribution in [0.15, 0.2) is 30.7 Å². The average Bonchev–Trinajstić information content (AvgIpc) is 2.98. The van der Waals surface area contributed by atoms with E-state index in [0.29, 0.717) is 38.3 Å². The summed E-state index contributed by atoms with van der Waals surface area (Å²) in [6, 6.07) is 3.64. The number of amides is 1.